The summed E-state index contributed by atoms with van der Waals surface area (Å²) in [5.41, 5.74) is 2.74. The minimum absolute atomic E-state index is 0.0572. The number of aromatic amines is 1. The van der Waals surface area contributed by atoms with E-state index in [0.29, 0.717) is 5.75 Å². The van der Waals surface area contributed by atoms with Crippen molar-refractivity contribution in [3.8, 4) is 5.75 Å². The van der Waals surface area contributed by atoms with Crippen LogP contribution >= 0.6 is 0 Å². The summed E-state index contributed by atoms with van der Waals surface area (Å²) in [4.78, 5) is 15.4. The predicted octanol–water partition coefficient (Wildman–Crippen LogP) is 3.51. The fourth-order valence-corrected chi connectivity index (χ4v) is 2.34. The SMILES string of the molecule is CCCCCCCc1c(C)[nH]c(C)c(OC)c1=O. The summed E-state index contributed by atoms with van der Waals surface area (Å²) in [6, 6.07) is 0. The second-order valence-electron chi connectivity index (χ2n) is 4.88. The van der Waals surface area contributed by atoms with Crippen molar-refractivity contribution in [3.63, 3.8) is 0 Å². The van der Waals surface area contributed by atoms with E-state index >= 15 is 0 Å². The lowest BCUT2D eigenvalue weighted by atomic mass is 10.0. The van der Waals surface area contributed by atoms with E-state index in [1.54, 1.807) is 7.11 Å². The maximum atomic E-state index is 12.2. The normalized spacial score (nSPS) is 10.7. The van der Waals surface area contributed by atoms with Gasteiger partial charge in [0.25, 0.3) is 0 Å². The Morgan fingerprint density at radius 2 is 1.72 bits per heavy atom. The highest BCUT2D eigenvalue weighted by molar-refractivity contribution is 5.34. The predicted molar refractivity (Wildman–Crippen MR) is 75.6 cm³/mol. The molecule has 18 heavy (non-hydrogen) atoms. The van der Waals surface area contributed by atoms with Gasteiger partial charge in [0.1, 0.15) is 0 Å². The van der Waals surface area contributed by atoms with Gasteiger partial charge >= 0.3 is 0 Å². The first kappa shape index (κ1) is 14.8. The number of hydrogen-bond acceptors (Lipinski definition) is 2. The Kier molecular flexibility index (Phi) is 5.96. The molecule has 0 amide bonds. The topological polar surface area (TPSA) is 42.1 Å². The van der Waals surface area contributed by atoms with Gasteiger partial charge in [-0.3, -0.25) is 4.79 Å². The number of ether oxygens (including phenoxy) is 1. The minimum Gasteiger partial charge on any atom is -0.491 e. The molecule has 0 saturated heterocycles. The van der Waals surface area contributed by atoms with Crippen LogP contribution in [0.3, 0.4) is 0 Å². The monoisotopic (exact) mass is 251 g/mol. The first-order chi connectivity index (χ1) is 8.61. The van der Waals surface area contributed by atoms with Crippen LogP contribution in [0.5, 0.6) is 5.75 Å². The third kappa shape index (κ3) is 3.62. The molecule has 0 unspecified atom stereocenters. The van der Waals surface area contributed by atoms with Gasteiger partial charge in [0.05, 0.1) is 12.8 Å². The van der Waals surface area contributed by atoms with Gasteiger partial charge in [-0.15, -0.1) is 0 Å². The van der Waals surface area contributed by atoms with Crippen molar-refractivity contribution in [2.75, 3.05) is 7.11 Å². The maximum absolute atomic E-state index is 12.2. The zero-order valence-electron chi connectivity index (χ0n) is 12.1. The molecular weight excluding hydrogens is 226 g/mol. The number of nitrogens with one attached hydrogen (secondary N) is 1. The van der Waals surface area contributed by atoms with Gasteiger partial charge in [-0.1, -0.05) is 32.6 Å². The number of pyridine rings is 1. The molecule has 0 aromatic carbocycles. The van der Waals surface area contributed by atoms with E-state index < -0.39 is 0 Å². The van der Waals surface area contributed by atoms with Crippen molar-refractivity contribution in [3.05, 3.63) is 27.2 Å². The highest BCUT2D eigenvalue weighted by atomic mass is 16.5. The van der Waals surface area contributed by atoms with E-state index in [9.17, 15) is 4.79 Å². The Labute approximate surface area is 110 Å². The molecule has 0 aliphatic heterocycles. The van der Waals surface area contributed by atoms with E-state index in [2.05, 4.69) is 11.9 Å². The van der Waals surface area contributed by atoms with E-state index in [1.165, 1.54) is 25.7 Å². The van der Waals surface area contributed by atoms with Crippen molar-refractivity contribution in [2.45, 2.75) is 59.3 Å². The molecule has 1 N–H and O–H groups in total. The molecule has 0 aliphatic carbocycles. The molecule has 0 aliphatic rings. The fourth-order valence-electron chi connectivity index (χ4n) is 2.34. The summed E-state index contributed by atoms with van der Waals surface area (Å²) in [5.74, 6) is 0.462. The fraction of sp³-hybridized carbons (Fsp3) is 0.667. The summed E-state index contributed by atoms with van der Waals surface area (Å²) < 4.78 is 5.17. The Hall–Kier alpha value is -1.25. The third-order valence-corrected chi connectivity index (χ3v) is 3.38. The highest BCUT2D eigenvalue weighted by Gasteiger charge is 2.12. The first-order valence-corrected chi connectivity index (χ1v) is 6.88. The van der Waals surface area contributed by atoms with Crippen LogP contribution < -0.4 is 10.2 Å². The van der Waals surface area contributed by atoms with Gasteiger partial charge in [0, 0.05) is 11.3 Å². The molecule has 0 atom stereocenters. The van der Waals surface area contributed by atoms with Crippen LogP contribution in [0.4, 0.5) is 0 Å². The summed E-state index contributed by atoms with van der Waals surface area (Å²) in [6.45, 7) is 6.05. The Morgan fingerprint density at radius 1 is 1.06 bits per heavy atom. The second kappa shape index (κ2) is 7.24. The Bertz CT molecular complexity index is 435. The van der Waals surface area contributed by atoms with E-state index in [0.717, 1.165) is 29.8 Å². The van der Waals surface area contributed by atoms with E-state index in [-0.39, 0.29) is 5.43 Å². The lowest BCUT2D eigenvalue weighted by Gasteiger charge is -2.10. The molecule has 3 heteroatoms. The summed E-state index contributed by atoms with van der Waals surface area (Å²) >= 11 is 0. The lowest BCUT2D eigenvalue weighted by molar-refractivity contribution is 0.404. The van der Waals surface area contributed by atoms with Crippen LogP contribution in [0.15, 0.2) is 4.79 Å². The Balaban J connectivity index is 2.73. The van der Waals surface area contributed by atoms with Gasteiger partial charge in [0.15, 0.2) is 5.75 Å². The van der Waals surface area contributed by atoms with Crippen LogP contribution in [0, 0.1) is 13.8 Å². The second-order valence-corrected chi connectivity index (χ2v) is 4.88. The number of aryl methyl sites for hydroxylation is 2. The molecule has 1 aromatic rings. The average molecular weight is 251 g/mol. The molecular formula is C15H25NO2. The summed E-state index contributed by atoms with van der Waals surface area (Å²) in [5, 5.41) is 0. The van der Waals surface area contributed by atoms with Crippen LogP contribution in [-0.2, 0) is 6.42 Å². The largest absolute Gasteiger partial charge is 0.491 e. The molecule has 0 saturated carbocycles. The Morgan fingerprint density at radius 3 is 2.33 bits per heavy atom. The van der Waals surface area contributed by atoms with Gasteiger partial charge < -0.3 is 9.72 Å². The van der Waals surface area contributed by atoms with Crippen molar-refractivity contribution >= 4 is 0 Å². The van der Waals surface area contributed by atoms with Crippen LogP contribution in [0.2, 0.25) is 0 Å². The van der Waals surface area contributed by atoms with Crippen molar-refractivity contribution in [1.82, 2.24) is 4.98 Å². The van der Waals surface area contributed by atoms with E-state index in [4.69, 9.17) is 4.74 Å². The molecule has 0 spiro atoms. The standard InChI is InChI=1S/C15H25NO2/c1-5-6-7-8-9-10-13-11(2)16-12(3)15(18-4)14(13)17/h5-10H2,1-4H3,(H,16,17). The summed E-state index contributed by atoms with van der Waals surface area (Å²) in [6.07, 6.45) is 6.92. The minimum atomic E-state index is 0.0572. The van der Waals surface area contributed by atoms with Crippen LogP contribution in [0.1, 0.15) is 56.0 Å². The van der Waals surface area contributed by atoms with E-state index in [1.807, 2.05) is 13.8 Å². The highest BCUT2D eigenvalue weighted by Crippen LogP contribution is 2.15. The number of H-pyrrole nitrogens is 1. The van der Waals surface area contributed by atoms with Crippen molar-refractivity contribution in [2.24, 2.45) is 0 Å². The maximum Gasteiger partial charge on any atom is 0.227 e. The zero-order valence-corrected chi connectivity index (χ0v) is 12.1. The molecule has 0 bridgehead atoms. The molecule has 1 heterocycles. The quantitative estimate of drug-likeness (QED) is 0.753. The number of hydrogen-bond donors (Lipinski definition) is 1. The van der Waals surface area contributed by atoms with Gasteiger partial charge in [-0.05, 0) is 26.7 Å². The first-order valence-electron chi connectivity index (χ1n) is 6.88. The van der Waals surface area contributed by atoms with Gasteiger partial charge in [0.2, 0.25) is 5.43 Å². The number of aromatic nitrogens is 1. The molecule has 1 aromatic heterocycles. The van der Waals surface area contributed by atoms with Crippen molar-refractivity contribution in [1.29, 1.82) is 0 Å². The molecule has 0 fully saturated rings. The molecule has 102 valence electrons. The van der Waals surface area contributed by atoms with Crippen molar-refractivity contribution < 1.29 is 4.74 Å². The molecule has 0 radical (unpaired) electrons. The zero-order chi connectivity index (χ0) is 13.5. The van der Waals surface area contributed by atoms with Crippen LogP contribution in [-0.4, -0.2) is 12.1 Å². The lowest BCUT2D eigenvalue weighted by Crippen LogP contribution is -2.16. The third-order valence-electron chi connectivity index (χ3n) is 3.38. The molecule has 1 rings (SSSR count). The average Bonchev–Trinajstić information content (AvgIpc) is 2.32. The number of methoxy groups -OCH3 is 1. The van der Waals surface area contributed by atoms with Crippen LogP contribution in [0.25, 0.3) is 0 Å². The van der Waals surface area contributed by atoms with Gasteiger partial charge in [-0.25, -0.2) is 0 Å². The number of rotatable bonds is 7. The molecule has 3 nitrogen and oxygen atoms in total. The number of unbranched alkanes of at least 4 members (excludes halogenated alkanes) is 4. The van der Waals surface area contributed by atoms with Gasteiger partial charge in [-0.2, -0.15) is 0 Å². The smallest absolute Gasteiger partial charge is 0.227 e. The summed E-state index contributed by atoms with van der Waals surface area (Å²) in [7, 11) is 1.55.